The molecule has 0 aromatic heterocycles. The Morgan fingerprint density at radius 1 is 1.00 bits per heavy atom. The zero-order valence-corrected chi connectivity index (χ0v) is 7.46. The molecule has 0 atom stereocenters. The maximum atomic E-state index is 5.46. The first kappa shape index (κ1) is 7.10. The average molecular weight is 170 g/mol. The normalized spacial score (nSPS) is 23.1. The third kappa shape index (κ3) is 1.03. The molecule has 2 aliphatic rings. The molecule has 0 aromatic carbocycles. The van der Waals surface area contributed by atoms with Crippen molar-refractivity contribution in [2.24, 2.45) is 0 Å². The molecule has 1 saturated heterocycles. The van der Waals surface area contributed by atoms with E-state index in [2.05, 4.69) is 13.8 Å². The minimum atomic E-state index is 0.685. The van der Waals surface area contributed by atoms with Gasteiger partial charge in [-0.05, 0) is 0 Å². The highest BCUT2D eigenvalue weighted by molar-refractivity contribution is 7.86. The molecule has 0 unspecified atom stereocenters. The summed E-state index contributed by atoms with van der Waals surface area (Å²) < 4.78 is 10.9. The highest BCUT2D eigenvalue weighted by Crippen LogP contribution is 2.33. The Labute approximate surface area is 70.3 Å². The molecule has 0 amide bonds. The van der Waals surface area contributed by atoms with E-state index in [-0.39, 0.29) is 0 Å². The predicted molar refractivity (Wildman–Crippen MR) is 44.7 cm³/mol. The van der Waals surface area contributed by atoms with Gasteiger partial charge in [0.2, 0.25) is 21.3 Å². The van der Waals surface area contributed by atoms with Crippen LogP contribution in [0.2, 0.25) is 0 Å². The summed E-state index contributed by atoms with van der Waals surface area (Å²) in [6, 6.07) is 0. The van der Waals surface area contributed by atoms with Gasteiger partial charge in [0, 0.05) is 13.8 Å². The van der Waals surface area contributed by atoms with Crippen LogP contribution in [0, 0.1) is 0 Å². The summed E-state index contributed by atoms with van der Waals surface area (Å²) in [6.07, 6.45) is 0. The molecule has 2 rings (SSSR count). The summed E-state index contributed by atoms with van der Waals surface area (Å²) in [7, 11) is 0. The second kappa shape index (κ2) is 2.48. The molecule has 0 saturated carbocycles. The van der Waals surface area contributed by atoms with Gasteiger partial charge in [-0.2, -0.15) is 0 Å². The Morgan fingerprint density at radius 3 is 1.91 bits per heavy atom. The third-order valence-electron chi connectivity index (χ3n) is 1.73. The number of hydrogen-bond donors (Lipinski definition) is 0. The maximum absolute atomic E-state index is 5.46. The van der Waals surface area contributed by atoms with Crippen molar-refractivity contribution in [1.29, 1.82) is 0 Å². The first-order valence-corrected chi connectivity index (χ1v) is 4.46. The Hall–Kier alpha value is -0.570. The smallest absolute Gasteiger partial charge is 0.283 e. The zero-order chi connectivity index (χ0) is 7.84. The van der Waals surface area contributed by atoms with Gasteiger partial charge in [-0.15, -0.1) is 0 Å². The minimum Gasteiger partial charge on any atom is -0.482 e. The van der Waals surface area contributed by atoms with Gasteiger partial charge in [-0.25, -0.2) is 0 Å². The van der Waals surface area contributed by atoms with E-state index in [4.69, 9.17) is 9.47 Å². The van der Waals surface area contributed by atoms with Crippen molar-refractivity contribution in [1.82, 2.24) is 0 Å². The maximum Gasteiger partial charge on any atom is 0.283 e. The largest absolute Gasteiger partial charge is 0.482 e. The lowest BCUT2D eigenvalue weighted by Crippen LogP contribution is -2.13. The van der Waals surface area contributed by atoms with E-state index < -0.39 is 0 Å². The molecule has 11 heavy (non-hydrogen) atoms. The monoisotopic (exact) mass is 170 g/mol. The van der Waals surface area contributed by atoms with Crippen LogP contribution < -0.4 is 0 Å². The standard InChI is InChI=1S/C8H10O2S/c1-5-7-8(6(2)11-5)10-4-3-9-7/h3-4H2,1-2H3/q+1. The highest BCUT2D eigenvalue weighted by atomic mass is 32.2. The summed E-state index contributed by atoms with van der Waals surface area (Å²) >= 11 is 1.74. The van der Waals surface area contributed by atoms with Gasteiger partial charge >= 0.3 is 0 Å². The molecule has 1 fully saturated rings. The van der Waals surface area contributed by atoms with Crippen LogP contribution in [0.15, 0.2) is 21.3 Å². The lowest BCUT2D eigenvalue weighted by atomic mass is 10.3. The van der Waals surface area contributed by atoms with Crippen LogP contribution in [0.25, 0.3) is 0 Å². The minimum absolute atomic E-state index is 0.685. The van der Waals surface area contributed by atoms with Crippen molar-refractivity contribution in [3.8, 4) is 0 Å². The molecule has 59 valence electrons. The lowest BCUT2D eigenvalue weighted by Gasteiger charge is -2.16. The van der Waals surface area contributed by atoms with E-state index in [1.54, 1.807) is 11.8 Å². The summed E-state index contributed by atoms with van der Waals surface area (Å²) in [5.41, 5.74) is 0. The first-order chi connectivity index (χ1) is 5.29. The van der Waals surface area contributed by atoms with Crippen molar-refractivity contribution in [2.45, 2.75) is 13.8 Å². The van der Waals surface area contributed by atoms with Gasteiger partial charge in [0.05, 0.1) is 0 Å². The van der Waals surface area contributed by atoms with E-state index in [1.807, 2.05) is 0 Å². The van der Waals surface area contributed by atoms with Crippen molar-refractivity contribution in [3.63, 3.8) is 0 Å². The fourth-order valence-electron chi connectivity index (χ4n) is 1.26. The second-order valence-corrected chi connectivity index (χ2v) is 4.00. The quantitative estimate of drug-likeness (QED) is 0.514. The summed E-state index contributed by atoms with van der Waals surface area (Å²) in [4.78, 5) is 2.44. The van der Waals surface area contributed by atoms with E-state index in [1.165, 1.54) is 9.81 Å². The molecular formula is C8H10O2S+. The van der Waals surface area contributed by atoms with Crippen LogP contribution in [0.4, 0.5) is 0 Å². The number of rotatable bonds is 0. The topological polar surface area (TPSA) is 18.5 Å². The molecule has 0 bridgehead atoms. The zero-order valence-electron chi connectivity index (χ0n) is 6.64. The van der Waals surface area contributed by atoms with E-state index in [9.17, 15) is 0 Å². The Kier molecular flexibility index (Phi) is 1.60. The van der Waals surface area contributed by atoms with Crippen LogP contribution in [-0.4, -0.2) is 13.2 Å². The Balaban J connectivity index is 2.35. The van der Waals surface area contributed by atoms with Crippen molar-refractivity contribution < 1.29 is 9.47 Å². The molecule has 0 aliphatic carbocycles. The van der Waals surface area contributed by atoms with E-state index in [0.717, 1.165) is 11.5 Å². The van der Waals surface area contributed by atoms with Crippen molar-refractivity contribution >= 4 is 11.8 Å². The van der Waals surface area contributed by atoms with Crippen LogP contribution in [0.5, 0.6) is 0 Å². The summed E-state index contributed by atoms with van der Waals surface area (Å²) in [5.74, 6) is 1.91. The number of ether oxygens (including phenoxy) is 2. The van der Waals surface area contributed by atoms with Gasteiger partial charge in [-0.3, -0.25) is 0 Å². The van der Waals surface area contributed by atoms with Gasteiger partial charge in [-0.1, -0.05) is 0 Å². The SMILES string of the molecule is CC1=C2OCCOC2=C(C)[S+]1. The van der Waals surface area contributed by atoms with Gasteiger partial charge in [0.25, 0.3) is 11.8 Å². The number of fused-ring (bicyclic) bond motifs is 1. The Morgan fingerprint density at radius 2 is 1.45 bits per heavy atom. The summed E-state index contributed by atoms with van der Waals surface area (Å²) in [6.45, 7) is 5.49. The van der Waals surface area contributed by atoms with Gasteiger partial charge in [0.15, 0.2) is 0 Å². The number of allylic oxidation sites excluding steroid dienone is 2. The Bertz CT molecular complexity index is 227. The molecule has 1 radical (unpaired) electrons. The highest BCUT2D eigenvalue weighted by Gasteiger charge is 2.38. The van der Waals surface area contributed by atoms with Gasteiger partial charge < -0.3 is 9.47 Å². The molecule has 3 heteroatoms. The molecule has 0 spiro atoms. The van der Waals surface area contributed by atoms with Gasteiger partial charge in [0.1, 0.15) is 13.2 Å². The number of thioether (sulfide) groups is 1. The van der Waals surface area contributed by atoms with Crippen LogP contribution in [-0.2, 0) is 21.2 Å². The fourth-order valence-corrected chi connectivity index (χ4v) is 2.21. The lowest BCUT2D eigenvalue weighted by molar-refractivity contribution is 0.0591. The molecule has 0 aromatic rings. The van der Waals surface area contributed by atoms with Crippen LogP contribution >= 0.6 is 0 Å². The number of hydrogen-bond acceptors (Lipinski definition) is 3. The fraction of sp³-hybridized carbons (Fsp3) is 0.500. The molecule has 2 aliphatic heterocycles. The average Bonchev–Trinajstić information content (AvgIpc) is 2.30. The van der Waals surface area contributed by atoms with E-state index in [0.29, 0.717) is 13.2 Å². The molecule has 0 N–H and O–H groups in total. The summed E-state index contributed by atoms with van der Waals surface area (Å²) in [5, 5.41) is 0. The second-order valence-electron chi connectivity index (χ2n) is 2.57. The van der Waals surface area contributed by atoms with Crippen molar-refractivity contribution in [3.05, 3.63) is 21.3 Å². The van der Waals surface area contributed by atoms with Crippen molar-refractivity contribution in [2.75, 3.05) is 13.2 Å². The first-order valence-electron chi connectivity index (χ1n) is 3.64. The predicted octanol–water partition coefficient (Wildman–Crippen LogP) is 1.59. The van der Waals surface area contributed by atoms with Crippen LogP contribution in [0.1, 0.15) is 13.8 Å². The molecule has 2 heterocycles. The molecule has 2 nitrogen and oxygen atoms in total. The molecular weight excluding hydrogens is 160 g/mol. The van der Waals surface area contributed by atoms with Crippen LogP contribution in [0.3, 0.4) is 0 Å². The third-order valence-corrected chi connectivity index (χ3v) is 2.71. The van der Waals surface area contributed by atoms with E-state index >= 15 is 0 Å².